The lowest BCUT2D eigenvalue weighted by atomic mass is 10.3. The van der Waals surface area contributed by atoms with E-state index >= 15 is 0 Å². The predicted molar refractivity (Wildman–Crippen MR) is 46.0 cm³/mol. The molecule has 0 aromatic heterocycles. The molecular weight excluding hydrogens is 178 g/mol. The summed E-state index contributed by atoms with van der Waals surface area (Å²) in [5, 5.41) is 10.4. The van der Waals surface area contributed by atoms with Crippen LogP contribution in [0.1, 0.15) is 0 Å². The quantitative estimate of drug-likeness (QED) is 0.411. The van der Waals surface area contributed by atoms with Crippen molar-refractivity contribution in [3.05, 3.63) is 34.4 Å². The van der Waals surface area contributed by atoms with Crippen molar-refractivity contribution in [2.24, 2.45) is 0 Å². The van der Waals surface area contributed by atoms with Gasteiger partial charge in [0.25, 0.3) is 5.69 Å². The summed E-state index contributed by atoms with van der Waals surface area (Å²) >= 11 is 0.989. The molecule has 0 bridgehead atoms. The van der Waals surface area contributed by atoms with E-state index in [0.717, 1.165) is 12.0 Å². The number of nitro benzene ring substituents is 1. The number of nitro groups is 1. The summed E-state index contributed by atoms with van der Waals surface area (Å²) in [6, 6.07) is 6.44. The number of benzene rings is 1. The number of para-hydroxylation sites is 1. The Bertz CT molecular complexity index is 290. The van der Waals surface area contributed by atoms with E-state index in [1.54, 1.807) is 18.2 Å². The Hall–Kier alpha value is -1.07. The second kappa shape index (κ2) is 4.08. The standard InChI is InChI=1S/C7H7NO3S/c1-11-12-7-5-3-2-4-6(7)8(9)10/h2-5H,1H3. The molecule has 0 saturated carbocycles. The normalized spacial score (nSPS) is 9.75. The van der Waals surface area contributed by atoms with Crippen LogP contribution in [0.3, 0.4) is 0 Å². The monoisotopic (exact) mass is 185 g/mol. The van der Waals surface area contributed by atoms with Gasteiger partial charge in [-0.2, -0.15) is 0 Å². The van der Waals surface area contributed by atoms with Crippen molar-refractivity contribution in [1.29, 1.82) is 0 Å². The largest absolute Gasteiger partial charge is 0.313 e. The Kier molecular flexibility index (Phi) is 3.07. The van der Waals surface area contributed by atoms with Crippen LogP contribution < -0.4 is 0 Å². The Morgan fingerprint density at radius 1 is 1.50 bits per heavy atom. The molecule has 0 atom stereocenters. The predicted octanol–water partition coefficient (Wildman–Crippen LogP) is 2.25. The highest BCUT2D eigenvalue weighted by Crippen LogP contribution is 2.28. The van der Waals surface area contributed by atoms with Gasteiger partial charge in [-0.15, -0.1) is 0 Å². The third kappa shape index (κ3) is 1.96. The van der Waals surface area contributed by atoms with Crippen LogP contribution in [-0.4, -0.2) is 12.0 Å². The van der Waals surface area contributed by atoms with E-state index in [1.165, 1.54) is 13.2 Å². The number of hydrogen-bond donors (Lipinski definition) is 0. The molecule has 5 heteroatoms. The van der Waals surface area contributed by atoms with E-state index in [4.69, 9.17) is 4.18 Å². The summed E-state index contributed by atoms with van der Waals surface area (Å²) in [5.74, 6) is 0. The molecule has 1 rings (SSSR count). The number of rotatable bonds is 3. The van der Waals surface area contributed by atoms with E-state index in [1.807, 2.05) is 0 Å². The van der Waals surface area contributed by atoms with Gasteiger partial charge in [-0.25, -0.2) is 0 Å². The van der Waals surface area contributed by atoms with Crippen molar-refractivity contribution in [2.45, 2.75) is 4.90 Å². The first-order valence-electron chi connectivity index (χ1n) is 3.20. The molecule has 0 N–H and O–H groups in total. The van der Waals surface area contributed by atoms with Crippen molar-refractivity contribution >= 4 is 17.7 Å². The van der Waals surface area contributed by atoms with Gasteiger partial charge >= 0.3 is 0 Å². The third-order valence-corrected chi connectivity index (χ3v) is 1.93. The van der Waals surface area contributed by atoms with Crippen LogP contribution in [-0.2, 0) is 4.18 Å². The minimum absolute atomic E-state index is 0.0735. The minimum atomic E-state index is -0.429. The van der Waals surface area contributed by atoms with E-state index in [-0.39, 0.29) is 5.69 Å². The molecule has 1 aromatic rings. The van der Waals surface area contributed by atoms with Crippen LogP contribution in [0.2, 0.25) is 0 Å². The van der Waals surface area contributed by atoms with Gasteiger partial charge in [0.2, 0.25) is 0 Å². The maximum atomic E-state index is 10.4. The summed E-state index contributed by atoms with van der Waals surface area (Å²) in [5.41, 5.74) is 0.0735. The van der Waals surface area contributed by atoms with Gasteiger partial charge in [0.15, 0.2) is 0 Å². The fraction of sp³-hybridized carbons (Fsp3) is 0.143. The molecule has 0 fully saturated rings. The van der Waals surface area contributed by atoms with Crippen molar-refractivity contribution < 1.29 is 9.11 Å². The summed E-state index contributed by atoms with van der Waals surface area (Å²) in [6.45, 7) is 0. The lowest BCUT2D eigenvalue weighted by molar-refractivity contribution is -0.387. The highest BCUT2D eigenvalue weighted by molar-refractivity contribution is 7.94. The average Bonchev–Trinajstić information content (AvgIpc) is 2.05. The first-order chi connectivity index (χ1) is 5.75. The topological polar surface area (TPSA) is 52.4 Å². The summed E-state index contributed by atoms with van der Waals surface area (Å²) in [7, 11) is 1.47. The zero-order valence-electron chi connectivity index (χ0n) is 6.39. The van der Waals surface area contributed by atoms with Gasteiger partial charge in [0.05, 0.1) is 12.0 Å². The molecule has 0 amide bonds. The Morgan fingerprint density at radius 3 is 2.75 bits per heavy atom. The molecule has 64 valence electrons. The molecule has 0 heterocycles. The Morgan fingerprint density at radius 2 is 2.17 bits per heavy atom. The van der Waals surface area contributed by atoms with E-state index in [9.17, 15) is 10.1 Å². The van der Waals surface area contributed by atoms with E-state index < -0.39 is 4.92 Å². The van der Waals surface area contributed by atoms with E-state index in [0.29, 0.717) is 4.90 Å². The Balaban J connectivity index is 3.00. The first kappa shape index (κ1) is 9.02. The second-order valence-electron chi connectivity index (χ2n) is 1.97. The van der Waals surface area contributed by atoms with E-state index in [2.05, 4.69) is 0 Å². The van der Waals surface area contributed by atoms with Crippen LogP contribution in [0.15, 0.2) is 29.2 Å². The molecule has 0 radical (unpaired) electrons. The van der Waals surface area contributed by atoms with Crippen LogP contribution >= 0.6 is 12.0 Å². The highest BCUT2D eigenvalue weighted by atomic mass is 32.2. The molecule has 0 unspecified atom stereocenters. The summed E-state index contributed by atoms with van der Waals surface area (Å²) in [4.78, 5) is 10.5. The SMILES string of the molecule is COSc1ccccc1[N+](=O)[O-]. The van der Waals surface area contributed by atoms with Gasteiger partial charge in [-0.1, -0.05) is 12.1 Å². The maximum Gasteiger partial charge on any atom is 0.285 e. The second-order valence-corrected chi connectivity index (χ2v) is 2.91. The van der Waals surface area contributed by atoms with Crippen molar-refractivity contribution in [2.75, 3.05) is 7.11 Å². The third-order valence-electron chi connectivity index (χ3n) is 1.24. The molecule has 0 aliphatic rings. The molecule has 4 nitrogen and oxygen atoms in total. The van der Waals surface area contributed by atoms with Gasteiger partial charge in [0, 0.05) is 18.1 Å². The van der Waals surface area contributed by atoms with Crippen LogP contribution in [0, 0.1) is 10.1 Å². The zero-order chi connectivity index (χ0) is 8.97. The molecule has 12 heavy (non-hydrogen) atoms. The first-order valence-corrected chi connectivity index (χ1v) is 3.94. The van der Waals surface area contributed by atoms with Crippen LogP contribution in [0.25, 0.3) is 0 Å². The fourth-order valence-electron chi connectivity index (χ4n) is 0.768. The van der Waals surface area contributed by atoms with Gasteiger partial charge in [-0.05, 0) is 6.07 Å². The molecule has 0 aliphatic carbocycles. The molecule has 0 aliphatic heterocycles. The van der Waals surface area contributed by atoms with Crippen molar-refractivity contribution in [3.63, 3.8) is 0 Å². The number of nitrogens with zero attached hydrogens (tertiary/aromatic N) is 1. The van der Waals surface area contributed by atoms with Gasteiger partial charge < -0.3 is 4.18 Å². The van der Waals surface area contributed by atoms with Crippen molar-refractivity contribution in [3.8, 4) is 0 Å². The summed E-state index contributed by atoms with van der Waals surface area (Å²) in [6.07, 6.45) is 0. The molecule has 1 aromatic carbocycles. The maximum absolute atomic E-state index is 10.4. The average molecular weight is 185 g/mol. The number of hydrogen-bond acceptors (Lipinski definition) is 4. The van der Waals surface area contributed by atoms with Crippen LogP contribution in [0.4, 0.5) is 5.69 Å². The van der Waals surface area contributed by atoms with Gasteiger partial charge in [0.1, 0.15) is 4.90 Å². The lowest BCUT2D eigenvalue weighted by Gasteiger charge is -1.97. The van der Waals surface area contributed by atoms with Gasteiger partial charge in [-0.3, -0.25) is 10.1 Å². The molecule has 0 spiro atoms. The highest BCUT2D eigenvalue weighted by Gasteiger charge is 2.12. The smallest absolute Gasteiger partial charge is 0.285 e. The summed E-state index contributed by atoms with van der Waals surface area (Å²) < 4.78 is 4.73. The Labute approximate surface area is 73.9 Å². The fourth-order valence-corrected chi connectivity index (χ4v) is 1.31. The van der Waals surface area contributed by atoms with Crippen molar-refractivity contribution in [1.82, 2.24) is 0 Å². The minimum Gasteiger partial charge on any atom is -0.313 e. The molecular formula is C7H7NO3S. The molecule has 0 saturated heterocycles. The van der Waals surface area contributed by atoms with Crippen LogP contribution in [0.5, 0.6) is 0 Å². The lowest BCUT2D eigenvalue weighted by Crippen LogP contribution is -1.89. The zero-order valence-corrected chi connectivity index (χ0v) is 7.21.